The van der Waals surface area contributed by atoms with Crippen LogP contribution in [0.4, 0.5) is 23.3 Å². The van der Waals surface area contributed by atoms with E-state index in [-0.39, 0.29) is 17.7 Å². The van der Waals surface area contributed by atoms with Crippen molar-refractivity contribution < 1.29 is 18.9 Å². The third-order valence-electron chi connectivity index (χ3n) is 22.0. The van der Waals surface area contributed by atoms with Crippen LogP contribution in [0.5, 0.6) is 23.0 Å². The lowest BCUT2D eigenvalue weighted by Crippen LogP contribution is -2.47. The van der Waals surface area contributed by atoms with Crippen LogP contribution in [0.3, 0.4) is 0 Å². The number of piperidine rings is 1. The Hall–Kier alpha value is -10.4. The molecule has 8 atom stereocenters. The van der Waals surface area contributed by atoms with E-state index in [1.807, 2.05) is 97.8 Å². The zero-order valence-corrected chi connectivity index (χ0v) is 62.2. The van der Waals surface area contributed by atoms with Gasteiger partial charge in [-0.1, -0.05) is 24.3 Å². The number of ether oxygens (including phenoxy) is 4. The van der Waals surface area contributed by atoms with E-state index in [0.717, 1.165) is 225 Å². The number of hydrogen-bond donors (Lipinski definition) is 5. The molecule has 0 radical (unpaired) electrons. The molecule has 25 heteroatoms. The Morgan fingerprint density at radius 2 is 0.935 bits per heavy atom. The molecule has 554 valence electrons. The molecule has 5 unspecified atom stereocenters. The quantitative estimate of drug-likeness (QED) is 0.0950. The minimum atomic E-state index is 0.0481. The van der Waals surface area contributed by atoms with Gasteiger partial charge in [0.1, 0.15) is 71.7 Å². The molecular formula is C82H97N21O4. The van der Waals surface area contributed by atoms with Crippen LogP contribution in [-0.4, -0.2) is 219 Å². The largest absolute Gasteiger partial charge is 0.492 e. The van der Waals surface area contributed by atoms with E-state index in [4.69, 9.17) is 39.0 Å². The van der Waals surface area contributed by atoms with Crippen LogP contribution in [0.1, 0.15) is 74.6 Å². The SMILES string of the molecule is Cc1ccc2cc1-c1cnc3ccc(nn13)NCCN1CCCC[C@H](C1)O2.Cc1ccc2cc1-c1cnn3ccc(nc13)NC1CCN(CCO2)C1.Cc1ccc2cc1-c1cnn3ccc(nc13)NCCN1C[C@@H](CNC(C)(C)C1)O2.Cc1ccc2cc1-c1cnn3ccc(nc13)N[C@H]1CCCN(CCO2)C1. The van der Waals surface area contributed by atoms with Gasteiger partial charge in [-0.25, -0.2) is 38.0 Å². The Morgan fingerprint density at radius 3 is 1.57 bits per heavy atom. The van der Waals surface area contributed by atoms with Crippen molar-refractivity contribution >= 4 is 45.9 Å². The normalized spacial score (nSPS) is 22.8. The Balaban J connectivity index is 0.000000105. The number of benzene rings is 4. The highest BCUT2D eigenvalue weighted by Crippen LogP contribution is 2.37. The molecule has 8 aliphatic rings. The fourth-order valence-corrected chi connectivity index (χ4v) is 16.2. The molecule has 0 amide bonds. The third kappa shape index (κ3) is 15.7. The fourth-order valence-electron chi connectivity index (χ4n) is 16.2. The van der Waals surface area contributed by atoms with Crippen molar-refractivity contribution in [3.05, 3.63) is 169 Å². The summed E-state index contributed by atoms with van der Waals surface area (Å²) in [5.41, 5.74) is 16.8. The molecule has 20 rings (SSSR count). The van der Waals surface area contributed by atoms with Gasteiger partial charge in [-0.15, -0.1) is 5.10 Å². The first-order valence-electron chi connectivity index (χ1n) is 38.3. The average molecular weight is 1440 g/mol. The molecule has 0 saturated carbocycles. The van der Waals surface area contributed by atoms with Crippen molar-refractivity contribution in [2.75, 3.05) is 133 Å². The number of aromatic nitrogens is 12. The lowest BCUT2D eigenvalue weighted by atomic mass is 10.0. The Labute approximate surface area is 624 Å². The van der Waals surface area contributed by atoms with E-state index in [9.17, 15) is 0 Å². The molecular weight excluding hydrogens is 1340 g/mol. The molecule has 24 bridgehead atoms. The second-order valence-corrected chi connectivity index (χ2v) is 30.5. The predicted molar refractivity (Wildman–Crippen MR) is 420 cm³/mol. The first-order chi connectivity index (χ1) is 52.2. The zero-order valence-electron chi connectivity index (χ0n) is 62.2. The molecule has 8 aromatic heterocycles. The van der Waals surface area contributed by atoms with Gasteiger partial charge in [-0.05, 0) is 211 Å². The minimum Gasteiger partial charge on any atom is -0.492 e. The zero-order chi connectivity index (χ0) is 72.5. The lowest BCUT2D eigenvalue weighted by Gasteiger charge is -2.33. The molecule has 107 heavy (non-hydrogen) atoms. The number of nitrogens with one attached hydrogen (secondary N) is 5. The van der Waals surface area contributed by atoms with Gasteiger partial charge in [0, 0.05) is 144 Å². The maximum atomic E-state index is 6.45. The number of hydrogen-bond acceptors (Lipinski definition) is 21. The molecule has 4 aromatic carbocycles. The summed E-state index contributed by atoms with van der Waals surface area (Å²) in [6.07, 6.45) is 20.9. The summed E-state index contributed by atoms with van der Waals surface area (Å²) in [5.74, 6) is 7.25. The van der Waals surface area contributed by atoms with E-state index in [1.165, 1.54) is 47.9 Å². The van der Waals surface area contributed by atoms with Gasteiger partial charge in [0.2, 0.25) is 0 Å². The van der Waals surface area contributed by atoms with Gasteiger partial charge in [-0.2, -0.15) is 15.3 Å². The molecule has 5 N–H and O–H groups in total. The summed E-state index contributed by atoms with van der Waals surface area (Å²) in [5, 5.41) is 36.1. The molecule has 16 heterocycles. The van der Waals surface area contributed by atoms with E-state index in [1.54, 1.807) is 0 Å². The van der Waals surface area contributed by atoms with Gasteiger partial charge >= 0.3 is 0 Å². The van der Waals surface area contributed by atoms with Crippen LogP contribution in [0.15, 0.2) is 147 Å². The first-order valence-corrected chi connectivity index (χ1v) is 38.3. The van der Waals surface area contributed by atoms with E-state index in [0.29, 0.717) is 25.3 Å². The minimum absolute atomic E-state index is 0.0481. The predicted octanol–water partition coefficient (Wildman–Crippen LogP) is 11.5. The summed E-state index contributed by atoms with van der Waals surface area (Å²) in [7, 11) is 0. The molecule has 0 spiro atoms. The monoisotopic (exact) mass is 1440 g/mol. The standard InChI is InChI=1S/C22H28N6O.C21H25N5O.C20H23N5O.C19H21N5O/c1-15-4-5-16-10-18(15)19-12-25-28-8-6-20(26-21(19)28)23-7-9-27-13-17(29-16)11-24-22(2,3)14-27;1-15-5-6-16-12-18(15)19-13-23-21-8-7-20(24-26(19)21)22-9-11-25-10-3-2-4-17(14-25)27-16;1-14-4-5-16-11-17(14)18-12-21-25-8-6-19(23-20(18)25)22-15-3-2-7-24(13-15)9-10-26-16;1-13-2-3-15-10-16(13)17-11-20-24-7-5-18(22-19(17)24)21-14-4-6-23(12-14)8-9-25-15/h4-6,8,10,12,17,24H,7,9,11,13-14H2,1-3H3,(H,23,26);5-8,12-13,17H,2-4,9-11,14H2,1H3,(H,22,24);4-6,8,11-12,15H,2-3,7,9-10,13H2,1H3,(H,22,23);2-3,5,7,10-11,14H,4,6,8-9,12H2,1H3,(H,21,22)/t2*17-;15-;/m110./s1. The summed E-state index contributed by atoms with van der Waals surface area (Å²) in [4.78, 5) is 29.0. The van der Waals surface area contributed by atoms with E-state index >= 15 is 0 Å². The number of rotatable bonds is 0. The average Bonchev–Trinajstić information content (AvgIpc) is 1.71. The Kier molecular flexibility index (Phi) is 19.8. The molecule has 4 fully saturated rings. The number of anilines is 4. The van der Waals surface area contributed by atoms with E-state index < -0.39 is 0 Å². The van der Waals surface area contributed by atoms with Gasteiger partial charge in [-0.3, -0.25) is 19.6 Å². The Bertz CT molecular complexity index is 5160. The van der Waals surface area contributed by atoms with Crippen LogP contribution in [-0.2, 0) is 0 Å². The van der Waals surface area contributed by atoms with Crippen molar-refractivity contribution in [3.63, 3.8) is 0 Å². The smallest absolute Gasteiger partial charge is 0.165 e. The highest BCUT2D eigenvalue weighted by atomic mass is 16.5. The summed E-state index contributed by atoms with van der Waals surface area (Å²) >= 11 is 0. The lowest BCUT2D eigenvalue weighted by molar-refractivity contribution is 0.144. The van der Waals surface area contributed by atoms with Crippen LogP contribution in [0.25, 0.3) is 67.2 Å². The second-order valence-electron chi connectivity index (χ2n) is 30.5. The first kappa shape index (κ1) is 69.6. The molecule has 0 aliphatic carbocycles. The highest BCUT2D eigenvalue weighted by Gasteiger charge is 2.31. The van der Waals surface area contributed by atoms with Crippen molar-refractivity contribution in [2.45, 2.75) is 110 Å². The number of aryl methyl sites for hydroxylation is 4. The highest BCUT2D eigenvalue weighted by molar-refractivity contribution is 5.83. The maximum Gasteiger partial charge on any atom is 0.165 e. The van der Waals surface area contributed by atoms with Gasteiger partial charge in [0.05, 0.1) is 30.5 Å². The van der Waals surface area contributed by atoms with Gasteiger partial charge in [0.15, 0.2) is 22.6 Å². The van der Waals surface area contributed by atoms with Crippen LogP contribution < -0.4 is 45.5 Å². The second kappa shape index (κ2) is 30.4. The Morgan fingerprint density at radius 1 is 0.430 bits per heavy atom. The van der Waals surface area contributed by atoms with Gasteiger partial charge in [0.25, 0.3) is 0 Å². The number of imidazole rings is 1. The molecule has 4 saturated heterocycles. The van der Waals surface area contributed by atoms with Crippen LogP contribution in [0.2, 0.25) is 0 Å². The summed E-state index contributed by atoms with van der Waals surface area (Å²) in [6, 6.07) is 36.1. The summed E-state index contributed by atoms with van der Waals surface area (Å²) in [6.45, 7) is 29.1. The van der Waals surface area contributed by atoms with Crippen molar-refractivity contribution in [3.8, 4) is 67.6 Å². The van der Waals surface area contributed by atoms with Crippen molar-refractivity contribution in [1.82, 2.24) is 83.3 Å². The molecule has 12 aromatic rings. The van der Waals surface area contributed by atoms with Crippen LogP contribution >= 0.6 is 0 Å². The summed E-state index contributed by atoms with van der Waals surface area (Å²) < 4.78 is 32.4. The van der Waals surface area contributed by atoms with Crippen molar-refractivity contribution in [1.29, 1.82) is 0 Å². The third-order valence-corrected chi connectivity index (χ3v) is 22.0. The molecule has 25 nitrogen and oxygen atoms in total. The number of nitrogens with zero attached hydrogens (tertiary/aromatic N) is 16. The van der Waals surface area contributed by atoms with E-state index in [2.05, 4.69) is 175 Å². The fraction of sp³-hybridized carbons (Fsp3) is 0.415. The number of fused-ring (bicyclic) bond motifs is 24. The molecule has 8 aliphatic heterocycles. The van der Waals surface area contributed by atoms with Gasteiger partial charge < -0.3 is 45.5 Å². The topological polar surface area (TPSA) is 231 Å². The maximum absolute atomic E-state index is 6.45. The van der Waals surface area contributed by atoms with Crippen molar-refractivity contribution in [2.24, 2.45) is 0 Å². The van der Waals surface area contributed by atoms with Crippen LogP contribution in [0, 0.1) is 27.7 Å².